The minimum atomic E-state index is -0.564. The number of hydrogen-bond acceptors (Lipinski definition) is 9. The number of nitrogens with one attached hydrogen (secondary N) is 1. The summed E-state index contributed by atoms with van der Waals surface area (Å²) in [5.74, 6) is -0.470. The highest BCUT2D eigenvalue weighted by Crippen LogP contribution is 2.36. The number of ether oxygens (including phenoxy) is 2. The average molecular weight is 583 g/mol. The van der Waals surface area contributed by atoms with Gasteiger partial charge in [-0.3, -0.25) is 14.6 Å². The molecule has 2 amide bonds. The Bertz CT molecular complexity index is 1660. The summed E-state index contributed by atoms with van der Waals surface area (Å²) in [6.45, 7) is 1.89. The third-order valence-electron chi connectivity index (χ3n) is 8.25. The van der Waals surface area contributed by atoms with Crippen LogP contribution < -0.4 is 11.1 Å². The third-order valence-corrected chi connectivity index (χ3v) is 8.25. The number of benzene rings is 2. The Morgan fingerprint density at radius 2 is 1.77 bits per heavy atom. The summed E-state index contributed by atoms with van der Waals surface area (Å²) in [7, 11) is 1.75. The molecular formula is C32H34N6O5. The van der Waals surface area contributed by atoms with Gasteiger partial charge >= 0.3 is 0 Å². The van der Waals surface area contributed by atoms with Crippen molar-refractivity contribution in [1.29, 1.82) is 0 Å². The van der Waals surface area contributed by atoms with Gasteiger partial charge in [-0.05, 0) is 49.4 Å². The van der Waals surface area contributed by atoms with Crippen molar-refractivity contribution in [3.05, 3.63) is 66.0 Å². The fraction of sp³-hybridized carbons (Fsp3) is 0.344. The topological polar surface area (TPSA) is 153 Å². The zero-order chi connectivity index (χ0) is 29.9. The molecule has 4 N–H and O–H groups in total. The average Bonchev–Trinajstić information content (AvgIpc) is 3.04. The van der Waals surface area contributed by atoms with Crippen molar-refractivity contribution >= 4 is 28.7 Å². The molecule has 6 rings (SSSR count). The van der Waals surface area contributed by atoms with Gasteiger partial charge in [-0.25, -0.2) is 9.97 Å². The second kappa shape index (κ2) is 12.3. The van der Waals surface area contributed by atoms with Crippen LogP contribution in [0.3, 0.4) is 0 Å². The summed E-state index contributed by atoms with van der Waals surface area (Å²) in [4.78, 5) is 41.3. The monoisotopic (exact) mass is 582 g/mol. The fourth-order valence-corrected chi connectivity index (χ4v) is 5.86. The van der Waals surface area contributed by atoms with Crippen LogP contribution >= 0.6 is 0 Å². The second-order valence-electron chi connectivity index (χ2n) is 10.9. The molecule has 2 aromatic heterocycles. The van der Waals surface area contributed by atoms with Crippen molar-refractivity contribution in [2.75, 3.05) is 38.7 Å². The fourth-order valence-electron chi connectivity index (χ4n) is 5.86. The van der Waals surface area contributed by atoms with Crippen LogP contribution in [-0.2, 0) is 9.47 Å². The van der Waals surface area contributed by atoms with E-state index in [1.165, 1.54) is 0 Å². The molecule has 0 bridgehead atoms. The largest absolute Gasteiger partial charge is 0.507 e. The van der Waals surface area contributed by atoms with Crippen molar-refractivity contribution in [3.8, 4) is 28.1 Å². The standard InChI is InChI=1S/C32H34N6O5/c1-42-21-9-7-20(8-10-21)36-32-35-18-26-28(22-4-2-3-5-23(22)30(33)40)34-17-25(29(26)37-32)19-6-11-24(27(39)16-19)31(41)38-12-14-43-15-13-38/h2-6,11,16-18,20-21,39H,7-10,12-15H2,1H3,(H2,33,40)(H,35,36,37). The van der Waals surface area contributed by atoms with Gasteiger partial charge in [0.25, 0.3) is 5.91 Å². The minimum Gasteiger partial charge on any atom is -0.507 e. The Morgan fingerprint density at radius 3 is 2.49 bits per heavy atom. The van der Waals surface area contributed by atoms with Gasteiger partial charge in [0.15, 0.2) is 0 Å². The highest BCUT2D eigenvalue weighted by molar-refractivity contribution is 6.06. The van der Waals surface area contributed by atoms with E-state index in [1.807, 2.05) is 6.07 Å². The smallest absolute Gasteiger partial charge is 0.257 e. The lowest BCUT2D eigenvalue weighted by Crippen LogP contribution is -2.40. The Kier molecular flexibility index (Phi) is 8.17. The van der Waals surface area contributed by atoms with Crippen LogP contribution in [0.1, 0.15) is 46.4 Å². The summed E-state index contributed by atoms with van der Waals surface area (Å²) in [6.07, 6.45) is 7.42. The van der Waals surface area contributed by atoms with Crippen molar-refractivity contribution in [2.45, 2.75) is 37.8 Å². The van der Waals surface area contributed by atoms with Crippen LogP contribution in [0.25, 0.3) is 33.3 Å². The number of amides is 2. The molecule has 0 radical (unpaired) electrons. The number of nitrogens with zero attached hydrogens (tertiary/aromatic N) is 4. The lowest BCUT2D eigenvalue weighted by molar-refractivity contribution is 0.0301. The molecular weight excluding hydrogens is 548 g/mol. The molecule has 2 aliphatic rings. The molecule has 1 saturated heterocycles. The number of carbonyl (C=O) groups is 2. The number of carbonyl (C=O) groups excluding carboxylic acids is 2. The van der Waals surface area contributed by atoms with E-state index in [2.05, 4.69) is 10.3 Å². The molecule has 222 valence electrons. The summed E-state index contributed by atoms with van der Waals surface area (Å²) in [5, 5.41) is 15.1. The molecule has 11 nitrogen and oxygen atoms in total. The highest BCUT2D eigenvalue weighted by atomic mass is 16.5. The summed E-state index contributed by atoms with van der Waals surface area (Å²) in [5.41, 5.74) is 9.20. The number of aromatic nitrogens is 3. The highest BCUT2D eigenvalue weighted by Gasteiger charge is 2.24. The summed E-state index contributed by atoms with van der Waals surface area (Å²) < 4.78 is 10.9. The number of rotatable bonds is 7. The van der Waals surface area contributed by atoms with E-state index in [-0.39, 0.29) is 29.4 Å². The number of phenols is 1. The lowest BCUT2D eigenvalue weighted by Gasteiger charge is -2.28. The van der Waals surface area contributed by atoms with Crippen molar-refractivity contribution in [1.82, 2.24) is 19.9 Å². The van der Waals surface area contributed by atoms with E-state index in [0.29, 0.717) is 71.1 Å². The number of methoxy groups -OCH3 is 1. The number of hydrogen-bond donors (Lipinski definition) is 3. The van der Waals surface area contributed by atoms with Gasteiger partial charge < -0.3 is 30.5 Å². The van der Waals surface area contributed by atoms with Gasteiger partial charge in [-0.1, -0.05) is 24.3 Å². The van der Waals surface area contributed by atoms with Crippen LogP contribution in [0.15, 0.2) is 54.9 Å². The molecule has 3 heterocycles. The first-order valence-corrected chi connectivity index (χ1v) is 14.5. The zero-order valence-electron chi connectivity index (χ0n) is 24.0. The molecule has 0 atom stereocenters. The number of aromatic hydroxyl groups is 1. The van der Waals surface area contributed by atoms with Crippen molar-refractivity contribution in [3.63, 3.8) is 0 Å². The third kappa shape index (κ3) is 5.86. The molecule has 2 fully saturated rings. The SMILES string of the molecule is COC1CCC(Nc2ncc3c(-c4ccccc4C(N)=O)ncc(-c4ccc(C(=O)N5CCOCC5)c(O)c4)c3n2)CC1. The van der Waals surface area contributed by atoms with Crippen molar-refractivity contribution in [2.24, 2.45) is 5.73 Å². The Balaban J connectivity index is 1.42. The van der Waals surface area contributed by atoms with Gasteiger partial charge in [0.2, 0.25) is 11.9 Å². The molecule has 0 spiro atoms. The van der Waals surface area contributed by atoms with Gasteiger partial charge in [-0.15, -0.1) is 0 Å². The van der Waals surface area contributed by atoms with E-state index in [9.17, 15) is 14.7 Å². The number of primary amides is 1. The molecule has 11 heteroatoms. The number of fused-ring (bicyclic) bond motifs is 1. The predicted octanol–water partition coefficient (Wildman–Crippen LogP) is 4.01. The number of pyridine rings is 1. The van der Waals surface area contributed by atoms with Crippen LogP contribution in [-0.4, -0.2) is 82.3 Å². The van der Waals surface area contributed by atoms with E-state index < -0.39 is 5.91 Å². The quantitative estimate of drug-likeness (QED) is 0.293. The maximum absolute atomic E-state index is 13.1. The molecule has 43 heavy (non-hydrogen) atoms. The summed E-state index contributed by atoms with van der Waals surface area (Å²) in [6, 6.07) is 12.2. The number of phenolic OH excluding ortho intramolecular Hbond substituents is 1. The number of nitrogens with two attached hydrogens (primary N) is 1. The van der Waals surface area contributed by atoms with Crippen LogP contribution in [0.2, 0.25) is 0 Å². The predicted molar refractivity (Wildman–Crippen MR) is 162 cm³/mol. The normalized spacial score (nSPS) is 18.9. The zero-order valence-corrected chi connectivity index (χ0v) is 24.0. The van der Waals surface area contributed by atoms with E-state index in [0.717, 1.165) is 25.7 Å². The Morgan fingerprint density at radius 1 is 1.00 bits per heavy atom. The van der Waals surface area contributed by atoms with E-state index in [1.54, 1.807) is 60.8 Å². The number of anilines is 1. The molecule has 4 aromatic rings. The first-order chi connectivity index (χ1) is 20.9. The van der Waals surface area contributed by atoms with Gasteiger partial charge in [-0.2, -0.15) is 0 Å². The van der Waals surface area contributed by atoms with Crippen LogP contribution in [0.5, 0.6) is 5.75 Å². The van der Waals surface area contributed by atoms with Crippen LogP contribution in [0.4, 0.5) is 5.95 Å². The van der Waals surface area contributed by atoms with Gasteiger partial charge in [0.05, 0.1) is 36.1 Å². The number of morpholine rings is 1. The molecule has 1 saturated carbocycles. The van der Waals surface area contributed by atoms with Gasteiger partial charge in [0, 0.05) is 60.7 Å². The first kappa shape index (κ1) is 28.5. The molecule has 0 unspecified atom stereocenters. The van der Waals surface area contributed by atoms with Gasteiger partial charge in [0.1, 0.15) is 5.75 Å². The Labute approximate surface area is 249 Å². The van der Waals surface area contributed by atoms with E-state index >= 15 is 0 Å². The van der Waals surface area contributed by atoms with Crippen molar-refractivity contribution < 1.29 is 24.2 Å². The van der Waals surface area contributed by atoms with Crippen LogP contribution in [0, 0.1) is 0 Å². The van der Waals surface area contributed by atoms with E-state index in [4.69, 9.17) is 25.2 Å². The minimum absolute atomic E-state index is 0.132. The molecule has 1 aliphatic heterocycles. The summed E-state index contributed by atoms with van der Waals surface area (Å²) >= 11 is 0. The first-order valence-electron chi connectivity index (χ1n) is 14.5. The molecule has 2 aromatic carbocycles. The Hall–Kier alpha value is -4.61. The maximum Gasteiger partial charge on any atom is 0.257 e. The second-order valence-corrected chi connectivity index (χ2v) is 10.9. The maximum atomic E-state index is 13.1. The lowest BCUT2D eigenvalue weighted by atomic mass is 9.93. The molecule has 1 aliphatic carbocycles.